The Hall–Kier alpha value is -3.18. The van der Waals surface area contributed by atoms with Crippen molar-refractivity contribution < 1.29 is 9.47 Å². The minimum Gasteiger partial charge on any atom is -0.497 e. The topological polar surface area (TPSA) is 18.5 Å². The summed E-state index contributed by atoms with van der Waals surface area (Å²) in [7, 11) is 1.65. The molecule has 0 N–H and O–H groups in total. The van der Waals surface area contributed by atoms with Crippen LogP contribution in [-0.4, -0.2) is 7.11 Å². The van der Waals surface area contributed by atoms with Crippen LogP contribution in [0.3, 0.4) is 0 Å². The van der Waals surface area contributed by atoms with Crippen molar-refractivity contribution in [3.63, 3.8) is 0 Å². The van der Waals surface area contributed by atoms with E-state index in [1.165, 1.54) is 0 Å². The van der Waals surface area contributed by atoms with Gasteiger partial charge in [0.1, 0.15) is 18.1 Å². The van der Waals surface area contributed by atoms with Crippen molar-refractivity contribution >= 4 is 0 Å². The molecule has 3 rings (SSSR count). The number of para-hydroxylation sites is 1. The fourth-order valence-electron chi connectivity index (χ4n) is 2.27. The van der Waals surface area contributed by atoms with Crippen LogP contribution < -0.4 is 9.47 Å². The highest BCUT2D eigenvalue weighted by molar-refractivity contribution is 5.50. The molecule has 0 aliphatic carbocycles. The van der Waals surface area contributed by atoms with Gasteiger partial charge in [-0.3, -0.25) is 0 Å². The smallest absolute Gasteiger partial charge is 0.135 e. The second-order valence-corrected chi connectivity index (χ2v) is 5.25. The van der Waals surface area contributed by atoms with Crippen LogP contribution in [0.1, 0.15) is 16.7 Å². The predicted octanol–water partition coefficient (Wildman–Crippen LogP) is 4.67. The van der Waals surface area contributed by atoms with E-state index in [9.17, 15) is 0 Å². The normalized spacial score (nSPS) is 9.71. The monoisotopic (exact) mass is 314 g/mol. The number of hydrogen-bond donors (Lipinski definition) is 0. The van der Waals surface area contributed by atoms with Gasteiger partial charge in [-0.25, -0.2) is 0 Å². The molecule has 0 aliphatic rings. The number of rotatable bonds is 4. The highest BCUT2D eigenvalue weighted by Crippen LogP contribution is 2.19. The minimum absolute atomic E-state index is 0.526. The molecular weight excluding hydrogens is 296 g/mol. The highest BCUT2D eigenvalue weighted by Gasteiger charge is 2.01. The van der Waals surface area contributed by atoms with Crippen molar-refractivity contribution in [2.24, 2.45) is 0 Å². The third-order valence-corrected chi connectivity index (χ3v) is 3.54. The van der Waals surface area contributed by atoms with Crippen molar-refractivity contribution in [1.29, 1.82) is 0 Å². The van der Waals surface area contributed by atoms with Gasteiger partial charge in [0.25, 0.3) is 0 Å². The Kier molecular flexibility index (Phi) is 5.17. The zero-order chi connectivity index (χ0) is 16.6. The lowest BCUT2D eigenvalue weighted by Crippen LogP contribution is -1.96. The third-order valence-electron chi connectivity index (χ3n) is 3.54. The average Bonchev–Trinajstić information content (AvgIpc) is 2.66. The first-order valence-corrected chi connectivity index (χ1v) is 7.77. The van der Waals surface area contributed by atoms with E-state index in [0.717, 1.165) is 28.2 Å². The van der Waals surface area contributed by atoms with Gasteiger partial charge < -0.3 is 9.47 Å². The van der Waals surface area contributed by atoms with E-state index in [-0.39, 0.29) is 0 Å². The molecule has 3 aromatic rings. The first-order chi connectivity index (χ1) is 11.8. The second-order valence-electron chi connectivity index (χ2n) is 5.25. The summed E-state index contributed by atoms with van der Waals surface area (Å²) in [4.78, 5) is 0. The molecular formula is C22H18O2. The third kappa shape index (κ3) is 4.18. The standard InChI is InChI=1S/C22H18O2/c1-23-21-12-7-10-18(16-21)14-15-20-11-5-6-13-22(20)24-17-19-8-3-2-4-9-19/h2-13,16H,17H2,1H3. The molecule has 2 heteroatoms. The molecule has 0 spiro atoms. The fourth-order valence-corrected chi connectivity index (χ4v) is 2.27. The molecule has 2 nitrogen and oxygen atoms in total. The zero-order valence-electron chi connectivity index (χ0n) is 13.5. The molecule has 0 aromatic heterocycles. The van der Waals surface area contributed by atoms with Gasteiger partial charge in [0.15, 0.2) is 0 Å². The van der Waals surface area contributed by atoms with Crippen molar-refractivity contribution in [3.05, 3.63) is 95.6 Å². The Balaban J connectivity index is 1.78. The Morgan fingerprint density at radius 3 is 2.42 bits per heavy atom. The van der Waals surface area contributed by atoms with Gasteiger partial charge in [-0.05, 0) is 35.9 Å². The maximum atomic E-state index is 5.93. The van der Waals surface area contributed by atoms with Crippen LogP contribution in [0, 0.1) is 11.8 Å². The molecule has 0 atom stereocenters. The van der Waals surface area contributed by atoms with Gasteiger partial charge in [0.05, 0.1) is 12.7 Å². The molecule has 0 aliphatic heterocycles. The predicted molar refractivity (Wildman–Crippen MR) is 96.2 cm³/mol. The summed E-state index contributed by atoms with van der Waals surface area (Å²) < 4.78 is 11.2. The highest BCUT2D eigenvalue weighted by atomic mass is 16.5. The minimum atomic E-state index is 0.526. The molecule has 0 saturated heterocycles. The van der Waals surface area contributed by atoms with Gasteiger partial charge in [-0.2, -0.15) is 0 Å². The van der Waals surface area contributed by atoms with Crippen LogP contribution in [-0.2, 0) is 6.61 Å². The van der Waals surface area contributed by atoms with E-state index >= 15 is 0 Å². The van der Waals surface area contributed by atoms with E-state index in [0.29, 0.717) is 6.61 Å². The lowest BCUT2D eigenvalue weighted by molar-refractivity contribution is 0.305. The summed E-state index contributed by atoms with van der Waals surface area (Å²) in [5.74, 6) is 7.94. The molecule has 0 heterocycles. The first kappa shape index (κ1) is 15.7. The molecule has 0 fully saturated rings. The van der Waals surface area contributed by atoms with E-state index in [2.05, 4.69) is 11.8 Å². The van der Waals surface area contributed by atoms with Crippen molar-refractivity contribution in [3.8, 4) is 23.3 Å². The summed E-state index contributed by atoms with van der Waals surface area (Å²) in [5.41, 5.74) is 2.91. The zero-order valence-corrected chi connectivity index (χ0v) is 13.5. The van der Waals surface area contributed by atoms with Crippen molar-refractivity contribution in [2.75, 3.05) is 7.11 Å². The van der Waals surface area contributed by atoms with E-state index in [1.54, 1.807) is 7.11 Å². The SMILES string of the molecule is COc1cccc(C#Cc2ccccc2OCc2ccccc2)c1. The van der Waals surface area contributed by atoms with Crippen LogP contribution in [0.5, 0.6) is 11.5 Å². The van der Waals surface area contributed by atoms with E-state index in [4.69, 9.17) is 9.47 Å². The summed E-state index contributed by atoms with van der Waals surface area (Å²) >= 11 is 0. The Labute approximate surface area is 142 Å². The molecule has 3 aromatic carbocycles. The van der Waals surface area contributed by atoms with Gasteiger partial charge in [-0.15, -0.1) is 0 Å². The van der Waals surface area contributed by atoms with Gasteiger partial charge >= 0.3 is 0 Å². The number of benzene rings is 3. The quantitative estimate of drug-likeness (QED) is 0.651. The number of methoxy groups -OCH3 is 1. The maximum absolute atomic E-state index is 5.93. The fraction of sp³-hybridized carbons (Fsp3) is 0.0909. The lowest BCUT2D eigenvalue weighted by Gasteiger charge is -2.08. The average molecular weight is 314 g/mol. The molecule has 24 heavy (non-hydrogen) atoms. The Morgan fingerprint density at radius 2 is 1.58 bits per heavy atom. The van der Waals surface area contributed by atoms with Gasteiger partial charge in [-0.1, -0.05) is 60.4 Å². The molecule has 0 amide bonds. The summed E-state index contributed by atoms with van der Waals surface area (Å²) in [6.45, 7) is 0.526. The van der Waals surface area contributed by atoms with Crippen molar-refractivity contribution in [2.45, 2.75) is 6.61 Å². The van der Waals surface area contributed by atoms with Crippen LogP contribution in [0.15, 0.2) is 78.9 Å². The van der Waals surface area contributed by atoms with Gasteiger partial charge in [0, 0.05) is 5.56 Å². The number of hydrogen-bond acceptors (Lipinski definition) is 2. The first-order valence-electron chi connectivity index (χ1n) is 7.77. The Bertz CT molecular complexity index is 858. The van der Waals surface area contributed by atoms with E-state index < -0.39 is 0 Å². The van der Waals surface area contributed by atoms with E-state index in [1.807, 2.05) is 78.9 Å². The molecule has 0 saturated carbocycles. The molecule has 0 radical (unpaired) electrons. The maximum Gasteiger partial charge on any atom is 0.135 e. The van der Waals surface area contributed by atoms with Crippen LogP contribution in [0.4, 0.5) is 0 Å². The van der Waals surface area contributed by atoms with Crippen LogP contribution >= 0.6 is 0 Å². The van der Waals surface area contributed by atoms with Crippen LogP contribution in [0.25, 0.3) is 0 Å². The van der Waals surface area contributed by atoms with Crippen LogP contribution in [0.2, 0.25) is 0 Å². The molecule has 0 bridgehead atoms. The largest absolute Gasteiger partial charge is 0.497 e. The molecule has 0 unspecified atom stereocenters. The second kappa shape index (κ2) is 7.89. The Morgan fingerprint density at radius 1 is 0.792 bits per heavy atom. The number of ether oxygens (including phenoxy) is 2. The van der Waals surface area contributed by atoms with Gasteiger partial charge in [0.2, 0.25) is 0 Å². The summed E-state index contributed by atoms with van der Waals surface area (Å²) in [6.07, 6.45) is 0. The molecule has 118 valence electrons. The van der Waals surface area contributed by atoms with Crippen molar-refractivity contribution in [1.82, 2.24) is 0 Å². The summed E-state index contributed by atoms with van der Waals surface area (Å²) in [6, 6.07) is 25.6. The lowest BCUT2D eigenvalue weighted by atomic mass is 10.1. The summed E-state index contributed by atoms with van der Waals surface area (Å²) in [5, 5.41) is 0.